The molecule has 1 aliphatic rings. The van der Waals surface area contributed by atoms with Crippen LogP contribution in [-0.2, 0) is 4.79 Å². The van der Waals surface area contributed by atoms with E-state index in [1.54, 1.807) is 4.68 Å². The Hall–Kier alpha value is -2.34. The SMILES string of the molecule is Cc1ccc(Nc2cc(C)nn2C2NC(=O)CC(C)N2)cc1. The summed E-state index contributed by atoms with van der Waals surface area (Å²) in [5.41, 5.74) is 3.09. The Bertz CT molecular complexity index is 676. The maximum absolute atomic E-state index is 11.8. The molecule has 2 atom stereocenters. The monoisotopic (exact) mass is 299 g/mol. The predicted molar refractivity (Wildman–Crippen MR) is 85.8 cm³/mol. The molecule has 1 aromatic heterocycles. The van der Waals surface area contributed by atoms with Gasteiger partial charge in [-0.3, -0.25) is 10.1 Å². The second-order valence-corrected chi connectivity index (χ2v) is 5.85. The number of aromatic nitrogens is 2. The highest BCUT2D eigenvalue weighted by molar-refractivity contribution is 5.77. The molecule has 2 aromatic rings. The minimum Gasteiger partial charge on any atom is -0.340 e. The number of hydrogen-bond acceptors (Lipinski definition) is 4. The molecule has 1 aromatic carbocycles. The summed E-state index contributed by atoms with van der Waals surface area (Å²) in [6.07, 6.45) is 0.148. The van der Waals surface area contributed by atoms with Gasteiger partial charge in [-0.25, -0.2) is 4.68 Å². The molecular weight excluding hydrogens is 278 g/mol. The van der Waals surface area contributed by atoms with Crippen LogP contribution in [0.3, 0.4) is 0 Å². The van der Waals surface area contributed by atoms with Crippen molar-refractivity contribution in [3.63, 3.8) is 0 Å². The van der Waals surface area contributed by atoms with E-state index in [1.165, 1.54) is 5.56 Å². The molecule has 0 radical (unpaired) electrons. The summed E-state index contributed by atoms with van der Waals surface area (Å²) in [7, 11) is 0. The number of benzene rings is 1. The number of carbonyl (C=O) groups is 1. The summed E-state index contributed by atoms with van der Waals surface area (Å²) >= 11 is 0. The topological polar surface area (TPSA) is 71.0 Å². The first-order valence-corrected chi connectivity index (χ1v) is 7.46. The van der Waals surface area contributed by atoms with E-state index >= 15 is 0 Å². The van der Waals surface area contributed by atoms with Crippen LogP contribution in [0.4, 0.5) is 11.5 Å². The van der Waals surface area contributed by atoms with Gasteiger partial charge in [0.05, 0.1) is 5.69 Å². The van der Waals surface area contributed by atoms with E-state index < -0.39 is 0 Å². The van der Waals surface area contributed by atoms with Gasteiger partial charge in [0.15, 0.2) is 6.29 Å². The van der Waals surface area contributed by atoms with Crippen molar-refractivity contribution in [3.8, 4) is 0 Å². The van der Waals surface area contributed by atoms with Gasteiger partial charge in [-0.2, -0.15) is 5.10 Å². The molecule has 1 amide bonds. The maximum Gasteiger partial charge on any atom is 0.224 e. The number of hydrogen-bond donors (Lipinski definition) is 3. The van der Waals surface area contributed by atoms with Crippen molar-refractivity contribution in [2.75, 3.05) is 5.32 Å². The fourth-order valence-corrected chi connectivity index (χ4v) is 2.58. The number of rotatable bonds is 3. The number of amides is 1. The summed E-state index contributed by atoms with van der Waals surface area (Å²) in [4.78, 5) is 11.8. The van der Waals surface area contributed by atoms with Crippen LogP contribution < -0.4 is 16.0 Å². The molecule has 6 heteroatoms. The third-order valence-electron chi connectivity index (χ3n) is 3.66. The molecule has 2 unspecified atom stereocenters. The van der Waals surface area contributed by atoms with Gasteiger partial charge >= 0.3 is 0 Å². The van der Waals surface area contributed by atoms with E-state index in [0.29, 0.717) is 6.42 Å². The summed E-state index contributed by atoms with van der Waals surface area (Å²) in [5, 5.41) is 14.1. The second kappa shape index (κ2) is 5.81. The van der Waals surface area contributed by atoms with Gasteiger partial charge in [-0.05, 0) is 32.9 Å². The molecular formula is C16H21N5O. The molecule has 2 heterocycles. The lowest BCUT2D eigenvalue weighted by molar-refractivity contribution is -0.125. The summed E-state index contributed by atoms with van der Waals surface area (Å²) in [6, 6.07) is 10.2. The van der Waals surface area contributed by atoms with Crippen molar-refractivity contribution in [3.05, 3.63) is 41.6 Å². The van der Waals surface area contributed by atoms with Gasteiger partial charge in [0.25, 0.3) is 0 Å². The molecule has 1 saturated heterocycles. The lowest BCUT2D eigenvalue weighted by atomic mass is 10.2. The van der Waals surface area contributed by atoms with E-state index in [-0.39, 0.29) is 18.2 Å². The first kappa shape index (κ1) is 14.6. The highest BCUT2D eigenvalue weighted by atomic mass is 16.2. The highest BCUT2D eigenvalue weighted by Gasteiger charge is 2.26. The maximum atomic E-state index is 11.8. The van der Waals surface area contributed by atoms with Gasteiger partial charge < -0.3 is 10.6 Å². The Labute approximate surface area is 129 Å². The van der Waals surface area contributed by atoms with Crippen LogP contribution in [0, 0.1) is 13.8 Å². The number of anilines is 2. The van der Waals surface area contributed by atoms with Crippen LogP contribution in [0.5, 0.6) is 0 Å². The van der Waals surface area contributed by atoms with Crippen molar-refractivity contribution in [2.24, 2.45) is 0 Å². The van der Waals surface area contributed by atoms with Gasteiger partial charge in [-0.1, -0.05) is 17.7 Å². The number of aryl methyl sites for hydroxylation is 2. The Morgan fingerprint density at radius 3 is 2.68 bits per heavy atom. The molecule has 3 N–H and O–H groups in total. The summed E-state index contributed by atoms with van der Waals surface area (Å²) in [6.45, 7) is 5.99. The predicted octanol–water partition coefficient (Wildman–Crippen LogP) is 2.20. The molecule has 1 fully saturated rings. The third kappa shape index (κ3) is 3.12. The number of nitrogens with zero attached hydrogens (tertiary/aromatic N) is 2. The Kier molecular flexibility index (Phi) is 3.85. The van der Waals surface area contributed by atoms with E-state index in [4.69, 9.17) is 0 Å². The normalized spacial score (nSPS) is 21.5. The average Bonchev–Trinajstić information content (AvgIpc) is 2.81. The quantitative estimate of drug-likeness (QED) is 0.812. The zero-order valence-corrected chi connectivity index (χ0v) is 13.1. The largest absolute Gasteiger partial charge is 0.340 e. The molecule has 22 heavy (non-hydrogen) atoms. The van der Waals surface area contributed by atoms with E-state index in [2.05, 4.69) is 40.1 Å². The fraction of sp³-hybridized carbons (Fsp3) is 0.375. The van der Waals surface area contributed by atoms with E-state index in [1.807, 2.05) is 32.0 Å². The third-order valence-corrected chi connectivity index (χ3v) is 3.66. The zero-order chi connectivity index (χ0) is 15.7. The van der Waals surface area contributed by atoms with Crippen molar-refractivity contribution < 1.29 is 4.79 Å². The van der Waals surface area contributed by atoms with Crippen molar-refractivity contribution in [2.45, 2.75) is 39.5 Å². The molecule has 0 aliphatic carbocycles. The average molecular weight is 299 g/mol. The molecule has 0 spiro atoms. The summed E-state index contributed by atoms with van der Waals surface area (Å²) < 4.78 is 1.78. The first-order valence-electron chi connectivity index (χ1n) is 7.46. The van der Waals surface area contributed by atoms with Crippen LogP contribution in [0.2, 0.25) is 0 Å². The highest BCUT2D eigenvalue weighted by Crippen LogP contribution is 2.21. The van der Waals surface area contributed by atoms with Crippen LogP contribution >= 0.6 is 0 Å². The Morgan fingerprint density at radius 2 is 2.00 bits per heavy atom. The van der Waals surface area contributed by atoms with Crippen molar-refractivity contribution in [1.82, 2.24) is 20.4 Å². The van der Waals surface area contributed by atoms with Gasteiger partial charge in [-0.15, -0.1) is 0 Å². The minimum atomic E-state index is -0.335. The molecule has 3 rings (SSSR count). The van der Waals surface area contributed by atoms with Gasteiger partial charge in [0, 0.05) is 24.2 Å². The number of carbonyl (C=O) groups excluding carboxylic acids is 1. The first-order chi connectivity index (χ1) is 10.5. The van der Waals surface area contributed by atoms with Crippen molar-refractivity contribution >= 4 is 17.4 Å². The standard InChI is InChI=1S/C16H21N5O/c1-10-4-6-13(7-5-10)18-14-8-12(3)20-21(14)16-17-11(2)9-15(22)19-16/h4-8,11,16-18H,9H2,1-3H3,(H,19,22). The molecule has 0 bridgehead atoms. The molecule has 0 saturated carbocycles. The van der Waals surface area contributed by atoms with Crippen LogP contribution in [-0.4, -0.2) is 21.7 Å². The summed E-state index contributed by atoms with van der Waals surface area (Å²) in [5.74, 6) is 0.874. The number of nitrogens with one attached hydrogen (secondary N) is 3. The molecule has 116 valence electrons. The Morgan fingerprint density at radius 1 is 1.27 bits per heavy atom. The molecule has 1 aliphatic heterocycles. The lowest BCUT2D eigenvalue weighted by Crippen LogP contribution is -2.52. The van der Waals surface area contributed by atoms with Crippen LogP contribution in [0.15, 0.2) is 30.3 Å². The van der Waals surface area contributed by atoms with Crippen LogP contribution in [0.25, 0.3) is 0 Å². The molecule has 6 nitrogen and oxygen atoms in total. The lowest BCUT2D eigenvalue weighted by Gasteiger charge is -2.30. The van der Waals surface area contributed by atoms with Crippen LogP contribution in [0.1, 0.15) is 30.9 Å². The minimum absolute atomic E-state index is 0.0330. The van der Waals surface area contributed by atoms with E-state index in [0.717, 1.165) is 17.2 Å². The van der Waals surface area contributed by atoms with E-state index in [9.17, 15) is 4.79 Å². The smallest absolute Gasteiger partial charge is 0.224 e. The fourth-order valence-electron chi connectivity index (χ4n) is 2.58. The van der Waals surface area contributed by atoms with Crippen molar-refractivity contribution in [1.29, 1.82) is 0 Å². The van der Waals surface area contributed by atoms with Gasteiger partial charge in [0.1, 0.15) is 5.82 Å². The Balaban J connectivity index is 1.86. The van der Waals surface area contributed by atoms with Gasteiger partial charge in [0.2, 0.25) is 5.91 Å². The second-order valence-electron chi connectivity index (χ2n) is 5.85. The zero-order valence-electron chi connectivity index (χ0n) is 13.1.